The Labute approximate surface area is 161 Å². The van der Waals surface area contributed by atoms with Crippen LogP contribution in [0.4, 0.5) is 0 Å². The average molecular weight is 294 g/mol. The van der Waals surface area contributed by atoms with Gasteiger partial charge in [0.25, 0.3) is 0 Å². The third-order valence-electron chi connectivity index (χ3n) is 1.95. The van der Waals surface area contributed by atoms with Gasteiger partial charge in [-0.3, -0.25) is 6.08 Å². The van der Waals surface area contributed by atoms with Crippen LogP contribution in [-0.4, -0.2) is 17.2 Å². The number of aromatic hydroxyl groups is 1. The van der Waals surface area contributed by atoms with Gasteiger partial charge in [0.2, 0.25) is 0 Å². The van der Waals surface area contributed by atoms with Crippen molar-refractivity contribution in [2.45, 2.75) is 19.8 Å². The maximum Gasteiger partial charge on any atom is 1.00 e. The summed E-state index contributed by atoms with van der Waals surface area (Å²) in [5.41, 5.74) is 0.969. The number of allylic oxidation sites excluding steroid dienone is 1. The van der Waals surface area contributed by atoms with Gasteiger partial charge in [-0.2, -0.15) is 15.2 Å². The molecule has 7 heteroatoms. The van der Waals surface area contributed by atoms with Gasteiger partial charge in [-0.15, -0.1) is 12.4 Å². The van der Waals surface area contributed by atoms with Crippen molar-refractivity contribution in [2.24, 2.45) is 0 Å². The van der Waals surface area contributed by atoms with E-state index in [1.807, 2.05) is 6.92 Å². The minimum atomic E-state index is -1.19. The number of carboxylic acids is 1. The van der Waals surface area contributed by atoms with Crippen LogP contribution in [0, 0.1) is 6.08 Å². The largest absolute Gasteiger partial charge is 1.00 e. The fraction of sp³-hybridized carbons (Fsp3) is 0.231. The molecule has 0 aliphatic carbocycles. The van der Waals surface area contributed by atoms with Crippen LogP contribution in [0.15, 0.2) is 29.8 Å². The molecule has 0 atom stereocenters. The van der Waals surface area contributed by atoms with E-state index in [0.29, 0.717) is 6.42 Å². The third kappa shape index (κ3) is 11.4. The molecular formula is C13H12Na2O5. The van der Waals surface area contributed by atoms with Crippen molar-refractivity contribution < 1.29 is 83.7 Å². The summed E-state index contributed by atoms with van der Waals surface area (Å²) < 4.78 is 0. The molecule has 1 aromatic carbocycles. The molecule has 0 amide bonds. The quantitative estimate of drug-likeness (QED) is 0.339. The molecule has 20 heavy (non-hydrogen) atoms. The van der Waals surface area contributed by atoms with Gasteiger partial charge >= 0.3 is 65.3 Å². The molecule has 0 aliphatic heterocycles. The Balaban J connectivity index is -0.000000530. The number of hydrogen-bond acceptors (Lipinski definition) is 5. The maximum atomic E-state index is 10.7. The zero-order chi connectivity index (χ0) is 14.0. The third-order valence-corrected chi connectivity index (χ3v) is 1.95. The summed E-state index contributed by atoms with van der Waals surface area (Å²) in [6.07, 6.45) is 3.80. The fourth-order valence-corrected chi connectivity index (χ4v) is 1.24. The second kappa shape index (κ2) is 15.0. The van der Waals surface area contributed by atoms with Crippen molar-refractivity contribution in [2.75, 3.05) is 0 Å². The van der Waals surface area contributed by atoms with E-state index in [1.165, 1.54) is 12.1 Å². The Kier molecular flexibility index (Phi) is 18.5. The Morgan fingerprint density at radius 2 is 1.70 bits per heavy atom. The molecule has 0 spiro atoms. The van der Waals surface area contributed by atoms with Crippen LogP contribution in [0.3, 0.4) is 0 Å². The van der Waals surface area contributed by atoms with Gasteiger partial charge in [-0.25, -0.2) is 0 Å². The van der Waals surface area contributed by atoms with Crippen molar-refractivity contribution >= 4 is 12.1 Å². The molecule has 0 bridgehead atoms. The van der Waals surface area contributed by atoms with Gasteiger partial charge < -0.3 is 15.0 Å². The number of carbonyl (C=O) groups excluding carboxylic acids is 3. The number of carbonyl (C=O) groups is 1. The van der Waals surface area contributed by atoms with Crippen LogP contribution in [0.25, 0.3) is 0 Å². The molecule has 0 fully saturated rings. The number of hydrogen-bond donors (Lipinski definition) is 1. The molecule has 1 N–H and O–H groups in total. The summed E-state index contributed by atoms with van der Waals surface area (Å²) in [6, 6.07) is 6.40. The van der Waals surface area contributed by atoms with Crippen LogP contribution < -0.4 is 64.2 Å². The van der Waals surface area contributed by atoms with E-state index in [1.54, 1.807) is 12.1 Å². The van der Waals surface area contributed by atoms with Crippen LogP contribution in [0.1, 0.15) is 18.9 Å². The summed E-state index contributed by atoms with van der Waals surface area (Å²) >= 11 is 0. The second-order valence-corrected chi connectivity index (χ2v) is 3.22. The first kappa shape index (κ1) is 24.6. The van der Waals surface area contributed by atoms with Crippen molar-refractivity contribution in [3.63, 3.8) is 0 Å². The number of phenolic OH excluding ortho intramolecular Hbond substituents is 1. The monoisotopic (exact) mass is 294 g/mol. The molecule has 0 saturated carbocycles. The van der Waals surface area contributed by atoms with E-state index >= 15 is 0 Å². The molecule has 0 saturated heterocycles. The van der Waals surface area contributed by atoms with E-state index < -0.39 is 5.97 Å². The van der Waals surface area contributed by atoms with Crippen molar-refractivity contribution in [1.82, 2.24) is 0 Å². The molecule has 5 nitrogen and oxygen atoms in total. The molecule has 0 aromatic heterocycles. The Morgan fingerprint density at radius 3 is 2.05 bits per heavy atom. The van der Waals surface area contributed by atoms with Gasteiger partial charge in [-0.05, 0) is 24.1 Å². The molecule has 96 valence electrons. The number of benzene rings is 1. The first-order valence-electron chi connectivity index (χ1n) is 5.13. The summed E-state index contributed by atoms with van der Waals surface area (Å²) in [4.78, 5) is 27.0. The van der Waals surface area contributed by atoms with Gasteiger partial charge in [0.05, 0.1) is 0 Å². The molecule has 0 aliphatic rings. The van der Waals surface area contributed by atoms with Gasteiger partial charge in [-0.1, -0.05) is 19.1 Å². The minimum Gasteiger partial charge on any atom is -0.658 e. The molecule has 1 rings (SSSR count). The van der Waals surface area contributed by atoms with Crippen LogP contribution in [0.5, 0.6) is 5.75 Å². The Bertz CT molecular complexity index is 448. The van der Waals surface area contributed by atoms with Crippen LogP contribution in [0.2, 0.25) is 0 Å². The van der Waals surface area contributed by atoms with Gasteiger partial charge in [0, 0.05) is 0 Å². The number of aliphatic carboxylic acids is 1. The average Bonchev–Trinajstić information content (AvgIpc) is 2.32. The van der Waals surface area contributed by atoms with Crippen molar-refractivity contribution in [3.8, 4) is 5.75 Å². The summed E-state index contributed by atoms with van der Waals surface area (Å²) in [6.45, 7) is 1.82. The molecule has 1 aromatic rings. The first-order chi connectivity index (χ1) is 8.54. The fourth-order valence-electron chi connectivity index (χ4n) is 1.24. The van der Waals surface area contributed by atoms with E-state index in [-0.39, 0.29) is 83.0 Å². The Hall–Kier alpha value is -0.390. The van der Waals surface area contributed by atoms with Crippen LogP contribution in [-0.2, 0) is 20.8 Å². The SMILES string of the molecule is CC[C-]=C(Cc1ccc(O)cc1)C(=O)[O-].O=C=O.[Na+].[Na+]. The van der Waals surface area contributed by atoms with E-state index in [9.17, 15) is 9.90 Å². The predicted molar refractivity (Wildman–Crippen MR) is 58.9 cm³/mol. The van der Waals surface area contributed by atoms with E-state index in [4.69, 9.17) is 14.7 Å². The van der Waals surface area contributed by atoms with Crippen molar-refractivity contribution in [1.29, 1.82) is 0 Å². The van der Waals surface area contributed by atoms with E-state index in [2.05, 4.69) is 6.08 Å². The summed E-state index contributed by atoms with van der Waals surface area (Å²) in [5, 5.41) is 19.8. The molecule has 0 radical (unpaired) electrons. The number of carboxylic acid groups (broad SMARTS) is 1. The molecular weight excluding hydrogens is 282 g/mol. The van der Waals surface area contributed by atoms with Crippen LogP contribution >= 0.6 is 0 Å². The summed E-state index contributed by atoms with van der Waals surface area (Å²) in [7, 11) is 0. The molecule has 0 heterocycles. The standard InChI is InChI=1S/C12H13O3.CO2.2Na/c1-2-3-10(12(14)15)8-9-4-6-11(13)7-5-9;2-1-3;;/h4-7,13H,2,8H2,1H3,(H,14,15);;;/q-1;;2*+1/p-1. The first-order valence-corrected chi connectivity index (χ1v) is 5.13. The van der Waals surface area contributed by atoms with Crippen molar-refractivity contribution in [3.05, 3.63) is 41.5 Å². The molecule has 0 unspecified atom stereocenters. The zero-order valence-electron chi connectivity index (χ0n) is 11.8. The van der Waals surface area contributed by atoms with Gasteiger partial charge in [0.15, 0.2) is 0 Å². The normalized spacial score (nSPS) is 8.95. The Morgan fingerprint density at radius 1 is 1.25 bits per heavy atom. The second-order valence-electron chi connectivity index (χ2n) is 3.22. The van der Waals surface area contributed by atoms with Gasteiger partial charge in [0.1, 0.15) is 5.75 Å². The maximum absolute atomic E-state index is 10.7. The smallest absolute Gasteiger partial charge is 0.658 e. The minimum absolute atomic E-state index is 0. The number of phenols is 1. The summed E-state index contributed by atoms with van der Waals surface area (Å²) in [5.74, 6) is -1.03. The predicted octanol–water partition coefficient (Wildman–Crippen LogP) is -5.75. The zero-order valence-corrected chi connectivity index (χ0v) is 15.8. The number of rotatable bonds is 4. The topological polar surface area (TPSA) is 94.5 Å². The van der Waals surface area contributed by atoms with E-state index in [0.717, 1.165) is 5.56 Å².